The summed E-state index contributed by atoms with van der Waals surface area (Å²) in [5, 5.41) is 2.65. The SMILES string of the molecule is Cl.NC1(C(=O)NCc2ccc(F)c(F)c2)CCOCC1. The average molecular weight is 307 g/mol. The average Bonchev–Trinajstić information content (AvgIpc) is 2.40. The van der Waals surface area contributed by atoms with E-state index >= 15 is 0 Å². The molecule has 1 aromatic rings. The van der Waals surface area contributed by atoms with Gasteiger partial charge in [-0.3, -0.25) is 4.79 Å². The maximum Gasteiger partial charge on any atom is 0.240 e. The van der Waals surface area contributed by atoms with Crippen LogP contribution in [0.3, 0.4) is 0 Å². The quantitative estimate of drug-likeness (QED) is 0.890. The molecule has 1 fully saturated rings. The van der Waals surface area contributed by atoms with Gasteiger partial charge in [0.15, 0.2) is 11.6 Å². The van der Waals surface area contributed by atoms with Crippen LogP contribution in [0.2, 0.25) is 0 Å². The first-order valence-corrected chi connectivity index (χ1v) is 6.10. The number of carbonyl (C=O) groups excluding carboxylic acids is 1. The molecule has 0 bridgehead atoms. The van der Waals surface area contributed by atoms with E-state index < -0.39 is 17.2 Å². The van der Waals surface area contributed by atoms with Crippen LogP contribution in [-0.2, 0) is 16.1 Å². The molecule has 1 aliphatic rings. The summed E-state index contributed by atoms with van der Waals surface area (Å²) < 4.78 is 30.9. The van der Waals surface area contributed by atoms with Gasteiger partial charge in [-0.1, -0.05) is 6.07 Å². The molecule has 2 rings (SSSR count). The van der Waals surface area contributed by atoms with E-state index in [0.29, 0.717) is 31.6 Å². The van der Waals surface area contributed by atoms with Gasteiger partial charge in [-0.05, 0) is 30.5 Å². The van der Waals surface area contributed by atoms with Crippen molar-refractivity contribution in [2.24, 2.45) is 5.73 Å². The molecule has 1 saturated heterocycles. The largest absolute Gasteiger partial charge is 0.381 e. The normalized spacial score (nSPS) is 17.1. The standard InChI is InChI=1S/C13H16F2N2O2.ClH/c14-10-2-1-9(7-11(10)15)8-17-12(18)13(16)3-5-19-6-4-13;/h1-2,7H,3-6,8,16H2,(H,17,18);1H. The summed E-state index contributed by atoms with van der Waals surface area (Å²) in [4.78, 5) is 12.0. The maximum atomic E-state index is 13.0. The van der Waals surface area contributed by atoms with Crippen LogP contribution >= 0.6 is 12.4 Å². The van der Waals surface area contributed by atoms with E-state index in [-0.39, 0.29) is 24.9 Å². The lowest BCUT2D eigenvalue weighted by Crippen LogP contribution is -2.56. The molecule has 1 aliphatic heterocycles. The number of carbonyl (C=O) groups is 1. The number of amides is 1. The van der Waals surface area contributed by atoms with Crippen molar-refractivity contribution in [3.63, 3.8) is 0 Å². The zero-order valence-corrected chi connectivity index (χ0v) is 11.6. The molecule has 112 valence electrons. The molecule has 3 N–H and O–H groups in total. The molecule has 0 spiro atoms. The fraction of sp³-hybridized carbons (Fsp3) is 0.462. The number of nitrogens with two attached hydrogens (primary N) is 1. The predicted molar refractivity (Wildman–Crippen MR) is 72.4 cm³/mol. The van der Waals surface area contributed by atoms with Gasteiger partial charge < -0.3 is 15.8 Å². The molecular weight excluding hydrogens is 290 g/mol. The van der Waals surface area contributed by atoms with Gasteiger partial charge >= 0.3 is 0 Å². The van der Waals surface area contributed by atoms with Gasteiger partial charge in [-0.2, -0.15) is 0 Å². The van der Waals surface area contributed by atoms with E-state index in [4.69, 9.17) is 10.5 Å². The van der Waals surface area contributed by atoms with E-state index in [0.717, 1.165) is 12.1 Å². The first-order chi connectivity index (χ1) is 9.01. The molecule has 0 radical (unpaired) electrons. The molecule has 0 aliphatic carbocycles. The minimum Gasteiger partial charge on any atom is -0.381 e. The summed E-state index contributed by atoms with van der Waals surface area (Å²) in [5.41, 5.74) is 5.55. The highest BCUT2D eigenvalue weighted by molar-refractivity contribution is 5.86. The third-order valence-electron chi connectivity index (χ3n) is 3.27. The summed E-state index contributed by atoms with van der Waals surface area (Å²) in [6.45, 7) is 1.03. The number of hydrogen-bond acceptors (Lipinski definition) is 3. The lowest BCUT2D eigenvalue weighted by atomic mass is 9.90. The first kappa shape index (κ1) is 16.8. The van der Waals surface area contributed by atoms with Crippen LogP contribution in [0.4, 0.5) is 8.78 Å². The third-order valence-corrected chi connectivity index (χ3v) is 3.27. The van der Waals surface area contributed by atoms with Crippen molar-refractivity contribution in [3.8, 4) is 0 Å². The highest BCUT2D eigenvalue weighted by Gasteiger charge is 2.35. The predicted octanol–water partition coefficient (Wildman–Crippen LogP) is 1.51. The number of rotatable bonds is 3. The Morgan fingerprint density at radius 1 is 1.30 bits per heavy atom. The Kier molecular flexibility index (Phi) is 5.86. The molecule has 0 saturated carbocycles. The molecule has 7 heteroatoms. The van der Waals surface area contributed by atoms with Crippen molar-refractivity contribution in [2.45, 2.75) is 24.9 Å². The molecular formula is C13H17ClF2N2O2. The molecule has 20 heavy (non-hydrogen) atoms. The zero-order chi connectivity index (χ0) is 13.9. The van der Waals surface area contributed by atoms with Gasteiger partial charge in [0.1, 0.15) is 0 Å². The van der Waals surface area contributed by atoms with Crippen LogP contribution in [0.25, 0.3) is 0 Å². The van der Waals surface area contributed by atoms with Crippen LogP contribution < -0.4 is 11.1 Å². The second-order valence-corrected chi connectivity index (χ2v) is 4.70. The van der Waals surface area contributed by atoms with Gasteiger partial charge in [-0.15, -0.1) is 12.4 Å². The van der Waals surface area contributed by atoms with Crippen LogP contribution in [0.1, 0.15) is 18.4 Å². The summed E-state index contributed by atoms with van der Waals surface area (Å²) in [6.07, 6.45) is 0.910. The van der Waals surface area contributed by atoms with E-state index in [9.17, 15) is 13.6 Å². The van der Waals surface area contributed by atoms with Gasteiger partial charge in [0.05, 0.1) is 5.54 Å². The van der Waals surface area contributed by atoms with E-state index in [1.165, 1.54) is 6.07 Å². The number of benzene rings is 1. The Morgan fingerprint density at radius 2 is 1.95 bits per heavy atom. The number of hydrogen-bond donors (Lipinski definition) is 2. The Balaban J connectivity index is 0.00000200. The monoisotopic (exact) mass is 306 g/mol. The van der Waals surface area contributed by atoms with Crippen LogP contribution in [0.5, 0.6) is 0 Å². The summed E-state index contributed by atoms with van der Waals surface area (Å²) >= 11 is 0. The Bertz CT molecular complexity index is 479. The maximum absolute atomic E-state index is 13.0. The number of ether oxygens (including phenoxy) is 1. The van der Waals surface area contributed by atoms with Gasteiger partial charge in [0.25, 0.3) is 0 Å². The second kappa shape index (κ2) is 6.97. The summed E-state index contributed by atoms with van der Waals surface area (Å²) in [6, 6.07) is 3.51. The van der Waals surface area contributed by atoms with E-state index in [1.54, 1.807) is 0 Å². The van der Waals surface area contributed by atoms with Gasteiger partial charge in [0, 0.05) is 19.8 Å². The Labute approximate surface area is 122 Å². The fourth-order valence-corrected chi connectivity index (χ4v) is 1.97. The molecule has 1 aromatic carbocycles. The molecule has 0 unspecified atom stereocenters. The van der Waals surface area contributed by atoms with Crippen molar-refractivity contribution >= 4 is 18.3 Å². The minimum absolute atomic E-state index is 0. The smallest absolute Gasteiger partial charge is 0.240 e. The topological polar surface area (TPSA) is 64.4 Å². The van der Waals surface area contributed by atoms with Gasteiger partial charge in [-0.25, -0.2) is 8.78 Å². The Hall–Kier alpha value is -1.24. The number of nitrogens with one attached hydrogen (secondary N) is 1. The van der Waals surface area contributed by atoms with Crippen molar-refractivity contribution in [3.05, 3.63) is 35.4 Å². The Morgan fingerprint density at radius 3 is 2.55 bits per heavy atom. The van der Waals surface area contributed by atoms with Crippen molar-refractivity contribution < 1.29 is 18.3 Å². The second-order valence-electron chi connectivity index (χ2n) is 4.70. The van der Waals surface area contributed by atoms with Crippen LogP contribution in [0, 0.1) is 11.6 Å². The molecule has 0 atom stereocenters. The lowest BCUT2D eigenvalue weighted by Gasteiger charge is -2.31. The molecule has 1 amide bonds. The van der Waals surface area contributed by atoms with Crippen molar-refractivity contribution in [1.29, 1.82) is 0 Å². The molecule has 1 heterocycles. The summed E-state index contributed by atoms with van der Waals surface area (Å²) in [7, 11) is 0. The minimum atomic E-state index is -0.934. The fourth-order valence-electron chi connectivity index (χ4n) is 1.97. The first-order valence-electron chi connectivity index (χ1n) is 6.10. The highest BCUT2D eigenvalue weighted by atomic mass is 35.5. The highest BCUT2D eigenvalue weighted by Crippen LogP contribution is 2.18. The van der Waals surface area contributed by atoms with Gasteiger partial charge in [0.2, 0.25) is 5.91 Å². The van der Waals surface area contributed by atoms with Crippen molar-refractivity contribution in [1.82, 2.24) is 5.32 Å². The third kappa shape index (κ3) is 3.88. The molecule has 4 nitrogen and oxygen atoms in total. The molecule has 0 aromatic heterocycles. The van der Waals surface area contributed by atoms with Crippen molar-refractivity contribution in [2.75, 3.05) is 13.2 Å². The summed E-state index contributed by atoms with van der Waals surface area (Å²) in [5.74, 6) is -2.13. The van der Waals surface area contributed by atoms with E-state index in [2.05, 4.69) is 5.32 Å². The lowest BCUT2D eigenvalue weighted by molar-refractivity contribution is -0.129. The zero-order valence-electron chi connectivity index (χ0n) is 10.8. The van der Waals surface area contributed by atoms with Crippen LogP contribution in [-0.4, -0.2) is 24.7 Å². The van der Waals surface area contributed by atoms with E-state index in [1.807, 2.05) is 0 Å². The number of halogens is 3. The van der Waals surface area contributed by atoms with Crippen LogP contribution in [0.15, 0.2) is 18.2 Å².